The first kappa shape index (κ1) is 24.4. The van der Waals surface area contributed by atoms with Crippen molar-refractivity contribution < 1.29 is 24.5 Å². The summed E-state index contributed by atoms with van der Waals surface area (Å²) in [6.45, 7) is 9.19. The Kier molecular flexibility index (Phi) is 7.69. The lowest BCUT2D eigenvalue weighted by Crippen LogP contribution is -2.47. The van der Waals surface area contributed by atoms with Crippen molar-refractivity contribution in [2.24, 2.45) is 16.7 Å². The Morgan fingerprint density at radius 1 is 1.07 bits per heavy atom. The Bertz CT molecular complexity index is 718. The van der Waals surface area contributed by atoms with Crippen LogP contribution in [0.4, 0.5) is 0 Å². The minimum atomic E-state index is -1.08. The number of carboxylic acids is 2. The van der Waals surface area contributed by atoms with E-state index in [1.165, 1.54) is 24.8 Å². The van der Waals surface area contributed by atoms with E-state index in [-0.39, 0.29) is 23.9 Å². The van der Waals surface area contributed by atoms with E-state index >= 15 is 0 Å². The SMILES string of the molecule is CN(C)CCO[C@]1(c2ccccc2)C[C@H]2CC[C@]1(C)C2(C)C.O=C(O)CCC(=O)O. The van der Waals surface area contributed by atoms with Crippen LogP contribution in [0.25, 0.3) is 0 Å². The van der Waals surface area contributed by atoms with Gasteiger partial charge in [-0.25, -0.2) is 0 Å². The van der Waals surface area contributed by atoms with E-state index < -0.39 is 11.9 Å². The minimum absolute atomic E-state index is 0.114. The van der Waals surface area contributed by atoms with E-state index in [0.29, 0.717) is 5.41 Å². The predicted octanol–water partition coefficient (Wildman–Crippen LogP) is 4.24. The average molecular weight is 420 g/mol. The summed E-state index contributed by atoms with van der Waals surface area (Å²) in [5.74, 6) is -1.38. The molecule has 0 heterocycles. The van der Waals surface area contributed by atoms with E-state index in [9.17, 15) is 9.59 Å². The van der Waals surface area contributed by atoms with Crippen LogP contribution < -0.4 is 0 Å². The summed E-state index contributed by atoms with van der Waals surface area (Å²) in [6.07, 6.45) is 3.22. The van der Waals surface area contributed by atoms with Crippen LogP contribution in [0.1, 0.15) is 58.4 Å². The third-order valence-electron chi connectivity index (χ3n) is 7.54. The van der Waals surface area contributed by atoms with Gasteiger partial charge in [0.1, 0.15) is 0 Å². The fraction of sp³-hybridized carbons (Fsp3) is 0.667. The quantitative estimate of drug-likeness (QED) is 0.655. The molecule has 2 fully saturated rings. The van der Waals surface area contributed by atoms with Crippen molar-refractivity contribution in [3.05, 3.63) is 35.9 Å². The van der Waals surface area contributed by atoms with Crippen molar-refractivity contribution in [2.45, 2.75) is 58.5 Å². The third kappa shape index (κ3) is 4.70. The Balaban J connectivity index is 0.000000343. The number of rotatable bonds is 8. The van der Waals surface area contributed by atoms with Crippen LogP contribution in [0, 0.1) is 16.7 Å². The second-order valence-corrected chi connectivity index (χ2v) is 9.63. The van der Waals surface area contributed by atoms with Crippen LogP contribution in [0.2, 0.25) is 0 Å². The smallest absolute Gasteiger partial charge is 0.303 e. The highest BCUT2D eigenvalue weighted by molar-refractivity contribution is 5.75. The van der Waals surface area contributed by atoms with Gasteiger partial charge in [0, 0.05) is 12.0 Å². The molecule has 6 nitrogen and oxygen atoms in total. The molecule has 30 heavy (non-hydrogen) atoms. The Labute approximate surface area is 180 Å². The highest BCUT2D eigenvalue weighted by Gasteiger charge is 2.69. The summed E-state index contributed by atoms with van der Waals surface area (Å²) >= 11 is 0. The zero-order valence-electron chi connectivity index (χ0n) is 19.0. The standard InChI is InChI=1S/C20H31NO.C4H6O4/c1-18(2)17-11-12-19(18,3)20(15-17,22-14-13-21(4)5)16-9-7-6-8-10-16;5-3(6)1-2-4(7)8/h6-10,17H,11-15H2,1-5H3;1-2H2,(H,5,6)(H,7,8)/t17-,19-,20+;/m1./s1. The van der Waals surface area contributed by atoms with Crippen LogP contribution in [-0.4, -0.2) is 54.3 Å². The van der Waals surface area contributed by atoms with Crippen molar-refractivity contribution in [2.75, 3.05) is 27.2 Å². The van der Waals surface area contributed by atoms with Crippen molar-refractivity contribution >= 4 is 11.9 Å². The molecular weight excluding hydrogens is 382 g/mol. The topological polar surface area (TPSA) is 87.1 Å². The molecule has 0 aliphatic heterocycles. The Morgan fingerprint density at radius 3 is 2.03 bits per heavy atom. The van der Waals surface area contributed by atoms with Crippen LogP contribution in [0.3, 0.4) is 0 Å². The highest BCUT2D eigenvalue weighted by atomic mass is 16.5. The van der Waals surface area contributed by atoms with Crippen LogP contribution in [0.15, 0.2) is 30.3 Å². The van der Waals surface area contributed by atoms with Gasteiger partial charge in [0.2, 0.25) is 0 Å². The van der Waals surface area contributed by atoms with Gasteiger partial charge in [0.25, 0.3) is 0 Å². The third-order valence-corrected chi connectivity index (χ3v) is 7.54. The van der Waals surface area contributed by atoms with Crippen molar-refractivity contribution in [3.63, 3.8) is 0 Å². The zero-order chi connectivity index (χ0) is 22.6. The van der Waals surface area contributed by atoms with Crippen molar-refractivity contribution in [1.82, 2.24) is 4.90 Å². The lowest BCUT2D eigenvalue weighted by atomic mass is 9.62. The molecule has 0 amide bonds. The molecule has 2 N–H and O–H groups in total. The van der Waals surface area contributed by atoms with Gasteiger partial charge in [-0.3, -0.25) is 9.59 Å². The van der Waals surface area contributed by atoms with Gasteiger partial charge in [-0.1, -0.05) is 51.1 Å². The maximum Gasteiger partial charge on any atom is 0.303 e. The maximum atomic E-state index is 9.64. The van der Waals surface area contributed by atoms with E-state index in [2.05, 4.69) is 70.1 Å². The van der Waals surface area contributed by atoms with Gasteiger partial charge in [-0.2, -0.15) is 0 Å². The fourth-order valence-corrected chi connectivity index (χ4v) is 5.31. The molecule has 3 rings (SSSR count). The predicted molar refractivity (Wildman–Crippen MR) is 116 cm³/mol. The maximum absolute atomic E-state index is 9.64. The number of aliphatic carboxylic acids is 2. The fourth-order valence-electron chi connectivity index (χ4n) is 5.31. The summed E-state index contributed by atoms with van der Waals surface area (Å²) in [6, 6.07) is 11.0. The summed E-state index contributed by atoms with van der Waals surface area (Å²) in [5.41, 5.74) is 1.84. The molecular formula is C24H37NO5. The largest absolute Gasteiger partial charge is 0.481 e. The lowest BCUT2D eigenvalue weighted by Gasteiger charge is -2.49. The van der Waals surface area contributed by atoms with Gasteiger partial charge in [0.15, 0.2) is 0 Å². The number of hydrogen-bond acceptors (Lipinski definition) is 4. The first-order valence-corrected chi connectivity index (χ1v) is 10.7. The van der Waals surface area contributed by atoms with Gasteiger partial charge >= 0.3 is 11.9 Å². The van der Waals surface area contributed by atoms with Gasteiger partial charge in [0.05, 0.1) is 25.0 Å². The van der Waals surface area contributed by atoms with E-state index in [4.69, 9.17) is 14.9 Å². The molecule has 168 valence electrons. The molecule has 0 saturated heterocycles. The van der Waals surface area contributed by atoms with Crippen molar-refractivity contribution in [1.29, 1.82) is 0 Å². The molecule has 1 aromatic rings. The molecule has 6 heteroatoms. The Hall–Kier alpha value is -1.92. The molecule has 3 atom stereocenters. The summed E-state index contributed by atoms with van der Waals surface area (Å²) in [7, 11) is 4.23. The van der Waals surface area contributed by atoms with Crippen LogP contribution in [0.5, 0.6) is 0 Å². The molecule has 2 bridgehead atoms. The molecule has 1 aromatic carbocycles. The van der Waals surface area contributed by atoms with Crippen LogP contribution >= 0.6 is 0 Å². The molecule has 2 saturated carbocycles. The number of carbonyl (C=O) groups is 2. The second-order valence-electron chi connectivity index (χ2n) is 9.63. The number of ether oxygens (including phenoxy) is 1. The first-order valence-electron chi connectivity index (χ1n) is 10.7. The van der Waals surface area contributed by atoms with E-state index in [0.717, 1.165) is 19.1 Å². The molecule has 0 radical (unpaired) electrons. The van der Waals surface area contributed by atoms with Crippen molar-refractivity contribution in [3.8, 4) is 0 Å². The molecule has 0 aromatic heterocycles. The average Bonchev–Trinajstić information content (AvgIpc) is 3.00. The number of hydrogen-bond donors (Lipinski definition) is 2. The minimum Gasteiger partial charge on any atom is -0.481 e. The second kappa shape index (κ2) is 9.48. The molecule has 0 spiro atoms. The van der Waals surface area contributed by atoms with Gasteiger partial charge in [-0.05, 0) is 50.3 Å². The summed E-state index contributed by atoms with van der Waals surface area (Å²) in [5, 5.41) is 15.8. The normalized spacial score (nSPS) is 28.8. The first-order chi connectivity index (χ1) is 14.0. The highest BCUT2D eigenvalue weighted by Crippen LogP contribution is 2.73. The van der Waals surface area contributed by atoms with Gasteiger partial charge in [-0.15, -0.1) is 0 Å². The zero-order valence-corrected chi connectivity index (χ0v) is 19.0. The number of likely N-dealkylation sites (N-methyl/N-ethyl adjacent to an activating group) is 1. The molecule has 2 aliphatic carbocycles. The lowest BCUT2D eigenvalue weighted by molar-refractivity contribution is -0.148. The van der Waals surface area contributed by atoms with Gasteiger partial charge < -0.3 is 19.8 Å². The Morgan fingerprint density at radius 2 is 1.63 bits per heavy atom. The molecule has 0 unspecified atom stereocenters. The van der Waals surface area contributed by atoms with Crippen LogP contribution in [-0.2, 0) is 19.9 Å². The number of carboxylic acid groups (broad SMARTS) is 2. The summed E-state index contributed by atoms with van der Waals surface area (Å²) in [4.78, 5) is 21.5. The number of nitrogens with zero attached hydrogens (tertiary/aromatic N) is 1. The summed E-state index contributed by atoms with van der Waals surface area (Å²) < 4.78 is 6.72. The van der Waals surface area contributed by atoms with E-state index in [1.807, 2.05) is 0 Å². The number of benzene rings is 1. The van der Waals surface area contributed by atoms with E-state index in [1.54, 1.807) is 0 Å². The molecule has 2 aliphatic rings. The number of fused-ring (bicyclic) bond motifs is 2. The monoisotopic (exact) mass is 419 g/mol.